The van der Waals surface area contributed by atoms with E-state index in [0.717, 1.165) is 0 Å². The molecule has 190 valence electrons. The third-order valence-corrected chi connectivity index (χ3v) is 5.42. The van der Waals surface area contributed by atoms with Gasteiger partial charge in [0.15, 0.2) is 12.0 Å². The predicted molar refractivity (Wildman–Crippen MR) is 130 cm³/mol. The van der Waals surface area contributed by atoms with E-state index < -0.39 is 54.0 Å². The Hall–Kier alpha value is -2.23. The van der Waals surface area contributed by atoms with Gasteiger partial charge >= 0.3 is 5.97 Å². The molecule has 33 heavy (non-hydrogen) atoms. The van der Waals surface area contributed by atoms with E-state index in [9.17, 15) is 24.3 Å². The number of nitrogens with one attached hydrogen (secondary N) is 3. The van der Waals surface area contributed by atoms with Gasteiger partial charge in [0.1, 0.15) is 12.1 Å². The van der Waals surface area contributed by atoms with E-state index in [1.807, 2.05) is 6.26 Å². The molecule has 0 radical (unpaired) electrons. The largest absolute Gasteiger partial charge is 0.480 e. The lowest BCUT2D eigenvalue weighted by Crippen LogP contribution is -2.58. The Labute approximate surface area is 202 Å². The number of carboxylic acid groups (broad SMARTS) is 1. The molecule has 3 amide bonds. The summed E-state index contributed by atoms with van der Waals surface area (Å²) in [4.78, 5) is 52.6. The zero-order valence-corrected chi connectivity index (χ0v) is 20.4. The fraction of sp³-hybridized carbons (Fsp3) is 0.722. The SMILES string of the molecule is CSCCC(NC(=O)C(N)CCCN=C(N)N)C(=O)NC(CS)C(=O)NC(C(=O)O)C(C)O. The fourth-order valence-corrected chi connectivity index (χ4v) is 3.27. The van der Waals surface area contributed by atoms with Crippen molar-refractivity contribution in [1.29, 1.82) is 0 Å². The van der Waals surface area contributed by atoms with Crippen molar-refractivity contribution in [1.82, 2.24) is 16.0 Å². The lowest BCUT2D eigenvalue weighted by atomic mass is 10.1. The van der Waals surface area contributed by atoms with Gasteiger partial charge in [0.25, 0.3) is 0 Å². The third-order valence-electron chi connectivity index (χ3n) is 4.41. The average Bonchev–Trinajstić information content (AvgIpc) is 2.74. The molecule has 0 spiro atoms. The van der Waals surface area contributed by atoms with Crippen LogP contribution in [0.25, 0.3) is 0 Å². The molecule has 0 bridgehead atoms. The van der Waals surface area contributed by atoms with Gasteiger partial charge in [0.2, 0.25) is 17.7 Å². The average molecular weight is 510 g/mol. The van der Waals surface area contributed by atoms with Gasteiger partial charge in [-0.25, -0.2) is 4.79 Å². The molecule has 13 nitrogen and oxygen atoms in total. The Morgan fingerprint density at radius 2 is 1.61 bits per heavy atom. The molecule has 0 saturated carbocycles. The smallest absolute Gasteiger partial charge is 0.328 e. The lowest BCUT2D eigenvalue weighted by molar-refractivity contribution is -0.145. The van der Waals surface area contributed by atoms with Crippen molar-refractivity contribution < 1.29 is 29.4 Å². The highest BCUT2D eigenvalue weighted by molar-refractivity contribution is 7.98. The number of nitrogens with zero attached hydrogens (tertiary/aromatic N) is 1. The number of carbonyl (C=O) groups excluding carboxylic acids is 3. The van der Waals surface area contributed by atoms with Crippen LogP contribution in [0.15, 0.2) is 4.99 Å². The third kappa shape index (κ3) is 12.6. The first-order valence-corrected chi connectivity index (χ1v) is 12.2. The minimum Gasteiger partial charge on any atom is -0.480 e. The van der Waals surface area contributed by atoms with E-state index >= 15 is 0 Å². The van der Waals surface area contributed by atoms with Gasteiger partial charge in [-0.2, -0.15) is 24.4 Å². The van der Waals surface area contributed by atoms with Crippen LogP contribution in [0, 0.1) is 0 Å². The summed E-state index contributed by atoms with van der Waals surface area (Å²) < 4.78 is 0. The zero-order chi connectivity index (χ0) is 25.6. The second kappa shape index (κ2) is 16.4. The summed E-state index contributed by atoms with van der Waals surface area (Å²) in [5.74, 6) is -3.13. The van der Waals surface area contributed by atoms with Crippen LogP contribution in [0.1, 0.15) is 26.2 Å². The van der Waals surface area contributed by atoms with Gasteiger partial charge in [-0.1, -0.05) is 0 Å². The molecule has 0 heterocycles. The lowest BCUT2D eigenvalue weighted by Gasteiger charge is -2.25. The van der Waals surface area contributed by atoms with Gasteiger partial charge in [0, 0.05) is 12.3 Å². The summed E-state index contributed by atoms with van der Waals surface area (Å²) in [7, 11) is 0. The van der Waals surface area contributed by atoms with Crippen LogP contribution in [0.2, 0.25) is 0 Å². The van der Waals surface area contributed by atoms with Gasteiger partial charge in [-0.05, 0) is 38.2 Å². The van der Waals surface area contributed by atoms with Gasteiger partial charge in [-0.15, -0.1) is 0 Å². The van der Waals surface area contributed by atoms with Crippen LogP contribution >= 0.6 is 24.4 Å². The van der Waals surface area contributed by atoms with Crippen molar-refractivity contribution >= 4 is 54.0 Å². The normalized spacial score (nSPS) is 15.3. The first-order valence-electron chi connectivity index (χ1n) is 10.2. The van der Waals surface area contributed by atoms with Crippen LogP contribution < -0.4 is 33.2 Å². The maximum Gasteiger partial charge on any atom is 0.328 e. The summed E-state index contributed by atoms with van der Waals surface area (Å²) in [6.07, 6.45) is 1.50. The summed E-state index contributed by atoms with van der Waals surface area (Å²) in [6, 6.07) is -4.62. The van der Waals surface area contributed by atoms with Crippen molar-refractivity contribution in [3.05, 3.63) is 0 Å². The highest BCUT2D eigenvalue weighted by atomic mass is 32.2. The standard InChI is InChI=1S/C18H35N7O6S2/c1-9(26)13(17(30)31)25-16(29)12(8-32)24-15(28)11(5-7-33-2)23-14(27)10(19)4-3-6-22-18(20)21/h9-13,26,32H,3-8,19H2,1-2H3,(H,23,27)(H,24,28)(H,25,29)(H,30,31)(H4,20,21,22). The number of carboxylic acids is 1. The summed E-state index contributed by atoms with van der Waals surface area (Å²) in [5.41, 5.74) is 16.4. The molecular formula is C18H35N7O6S2. The quantitative estimate of drug-likeness (QED) is 0.0441. The molecule has 0 aromatic heterocycles. The number of thioether (sulfide) groups is 1. The Balaban J connectivity index is 5.10. The number of hydrogen-bond donors (Lipinski definition) is 9. The summed E-state index contributed by atoms with van der Waals surface area (Å²) in [6.45, 7) is 1.52. The van der Waals surface area contributed by atoms with Crippen LogP contribution in [-0.2, 0) is 19.2 Å². The molecule has 15 heteroatoms. The molecule has 0 aliphatic rings. The molecule has 0 saturated heterocycles. The zero-order valence-electron chi connectivity index (χ0n) is 18.7. The number of aliphatic carboxylic acids is 1. The first kappa shape index (κ1) is 30.8. The van der Waals surface area contributed by atoms with Gasteiger partial charge < -0.3 is 43.4 Å². The van der Waals surface area contributed by atoms with Crippen LogP contribution in [-0.4, -0.2) is 94.4 Å². The van der Waals surface area contributed by atoms with Crippen LogP contribution in [0.4, 0.5) is 0 Å². The van der Waals surface area contributed by atoms with E-state index in [1.165, 1.54) is 18.7 Å². The molecule has 0 aliphatic heterocycles. The van der Waals surface area contributed by atoms with Crippen molar-refractivity contribution in [3.63, 3.8) is 0 Å². The highest BCUT2D eigenvalue weighted by Gasteiger charge is 2.31. The molecular weight excluding hydrogens is 474 g/mol. The Morgan fingerprint density at radius 3 is 2.09 bits per heavy atom. The minimum atomic E-state index is -1.55. The molecule has 11 N–H and O–H groups in total. The summed E-state index contributed by atoms with van der Waals surface area (Å²) in [5, 5.41) is 25.8. The number of aliphatic imine (C=N–C) groups is 1. The van der Waals surface area contributed by atoms with E-state index in [-0.39, 0.29) is 24.6 Å². The van der Waals surface area contributed by atoms with Crippen LogP contribution in [0.5, 0.6) is 0 Å². The minimum absolute atomic E-state index is 0.0623. The maximum absolute atomic E-state index is 12.8. The number of rotatable bonds is 16. The molecule has 0 aliphatic carbocycles. The molecule has 0 aromatic carbocycles. The first-order chi connectivity index (χ1) is 15.4. The van der Waals surface area contributed by atoms with Crippen molar-refractivity contribution in [2.75, 3.05) is 24.3 Å². The van der Waals surface area contributed by atoms with Crippen molar-refractivity contribution in [2.45, 2.75) is 56.5 Å². The maximum atomic E-state index is 12.8. The van der Waals surface area contributed by atoms with E-state index in [1.54, 1.807) is 0 Å². The molecule has 0 fully saturated rings. The van der Waals surface area contributed by atoms with Gasteiger partial charge in [-0.3, -0.25) is 19.4 Å². The number of aliphatic hydroxyl groups is 1. The van der Waals surface area contributed by atoms with E-state index in [4.69, 9.17) is 22.3 Å². The number of carbonyl (C=O) groups is 4. The Morgan fingerprint density at radius 1 is 1.03 bits per heavy atom. The van der Waals surface area contributed by atoms with Crippen LogP contribution in [0.3, 0.4) is 0 Å². The number of thiol groups is 1. The number of amides is 3. The monoisotopic (exact) mass is 509 g/mol. The predicted octanol–water partition coefficient (Wildman–Crippen LogP) is -3.03. The van der Waals surface area contributed by atoms with Crippen molar-refractivity contribution in [3.8, 4) is 0 Å². The molecule has 0 aromatic rings. The number of guanidine groups is 1. The van der Waals surface area contributed by atoms with E-state index in [2.05, 4.69) is 33.6 Å². The van der Waals surface area contributed by atoms with Gasteiger partial charge in [0.05, 0.1) is 12.1 Å². The second-order valence-corrected chi connectivity index (χ2v) is 8.56. The number of aliphatic hydroxyl groups excluding tert-OH is 1. The topological polar surface area (TPSA) is 235 Å². The molecule has 5 unspecified atom stereocenters. The molecule has 0 rings (SSSR count). The second-order valence-electron chi connectivity index (χ2n) is 7.21. The Bertz CT molecular complexity index is 691. The highest BCUT2D eigenvalue weighted by Crippen LogP contribution is 2.05. The van der Waals surface area contributed by atoms with E-state index in [0.29, 0.717) is 18.7 Å². The number of hydrogen-bond acceptors (Lipinski definition) is 9. The molecule has 5 atom stereocenters. The number of nitrogens with two attached hydrogens (primary N) is 3. The fourth-order valence-electron chi connectivity index (χ4n) is 2.54. The summed E-state index contributed by atoms with van der Waals surface area (Å²) >= 11 is 5.49. The Kier molecular flexibility index (Phi) is 15.3. The van der Waals surface area contributed by atoms with Crippen molar-refractivity contribution in [2.24, 2.45) is 22.2 Å².